The van der Waals surface area contributed by atoms with Gasteiger partial charge in [-0.1, -0.05) is 26.3 Å². The van der Waals surface area contributed by atoms with Gasteiger partial charge in [-0.25, -0.2) is 4.39 Å². The quantitative estimate of drug-likeness (QED) is 0.592. The highest BCUT2D eigenvalue weighted by molar-refractivity contribution is 5.29. The number of rotatable bonds is 4. The molecule has 84 valence electrons. The molecule has 1 rings (SSSR count). The lowest BCUT2D eigenvalue weighted by molar-refractivity contribution is 0.380. The van der Waals surface area contributed by atoms with Crippen molar-refractivity contribution in [2.75, 3.05) is 0 Å². The standard InChI is InChI=1S/C12H19FN2/c1-4-8(2)12(15-14)11-7-10(13)6-5-9(11)3/h5-8,12,15H,4,14H2,1-3H3. The number of halogens is 1. The molecular formula is C12H19FN2. The van der Waals surface area contributed by atoms with Gasteiger partial charge < -0.3 is 0 Å². The van der Waals surface area contributed by atoms with Crippen LogP contribution in [-0.2, 0) is 0 Å². The van der Waals surface area contributed by atoms with E-state index in [1.807, 2.05) is 6.92 Å². The van der Waals surface area contributed by atoms with Crippen LogP contribution in [0.25, 0.3) is 0 Å². The van der Waals surface area contributed by atoms with Crippen molar-refractivity contribution >= 4 is 0 Å². The fourth-order valence-electron chi connectivity index (χ4n) is 1.74. The predicted octanol–water partition coefficient (Wildman–Crippen LogP) is 2.68. The van der Waals surface area contributed by atoms with Crippen molar-refractivity contribution in [1.29, 1.82) is 0 Å². The third kappa shape index (κ3) is 2.76. The van der Waals surface area contributed by atoms with Gasteiger partial charge in [0.05, 0.1) is 0 Å². The number of hydrogen-bond acceptors (Lipinski definition) is 2. The molecule has 0 heterocycles. The van der Waals surface area contributed by atoms with Gasteiger partial charge in [-0.15, -0.1) is 0 Å². The molecule has 3 heteroatoms. The molecule has 2 atom stereocenters. The maximum absolute atomic E-state index is 13.1. The Balaban J connectivity index is 3.05. The van der Waals surface area contributed by atoms with E-state index >= 15 is 0 Å². The molecule has 0 amide bonds. The third-order valence-electron chi connectivity index (χ3n) is 2.97. The topological polar surface area (TPSA) is 38.0 Å². The molecule has 1 aromatic rings. The summed E-state index contributed by atoms with van der Waals surface area (Å²) in [5.41, 5.74) is 4.79. The van der Waals surface area contributed by atoms with E-state index in [1.165, 1.54) is 6.07 Å². The summed E-state index contributed by atoms with van der Waals surface area (Å²) in [7, 11) is 0. The van der Waals surface area contributed by atoms with Gasteiger partial charge in [0.25, 0.3) is 0 Å². The Morgan fingerprint density at radius 3 is 2.67 bits per heavy atom. The molecule has 2 unspecified atom stereocenters. The Morgan fingerprint density at radius 1 is 1.47 bits per heavy atom. The summed E-state index contributed by atoms with van der Waals surface area (Å²) in [6, 6.07) is 4.84. The van der Waals surface area contributed by atoms with Crippen molar-refractivity contribution in [3.8, 4) is 0 Å². The Morgan fingerprint density at radius 2 is 2.13 bits per heavy atom. The van der Waals surface area contributed by atoms with Crippen LogP contribution in [0.2, 0.25) is 0 Å². The summed E-state index contributed by atoms with van der Waals surface area (Å²) in [4.78, 5) is 0. The molecule has 0 saturated heterocycles. The minimum Gasteiger partial charge on any atom is -0.271 e. The zero-order valence-corrected chi connectivity index (χ0v) is 9.55. The third-order valence-corrected chi connectivity index (χ3v) is 2.97. The smallest absolute Gasteiger partial charge is 0.123 e. The molecule has 0 spiro atoms. The molecule has 0 aliphatic carbocycles. The first-order chi connectivity index (χ1) is 7.10. The lowest BCUT2D eigenvalue weighted by Gasteiger charge is -2.24. The molecule has 1 aromatic carbocycles. The first-order valence-electron chi connectivity index (χ1n) is 5.32. The lowest BCUT2D eigenvalue weighted by atomic mass is 9.90. The maximum Gasteiger partial charge on any atom is 0.123 e. The fourth-order valence-corrected chi connectivity index (χ4v) is 1.74. The van der Waals surface area contributed by atoms with Gasteiger partial charge in [-0.3, -0.25) is 11.3 Å². The van der Waals surface area contributed by atoms with Crippen molar-refractivity contribution < 1.29 is 4.39 Å². The Hall–Kier alpha value is -0.930. The summed E-state index contributed by atoms with van der Waals surface area (Å²) in [5.74, 6) is 5.70. The van der Waals surface area contributed by atoms with Gasteiger partial charge in [-0.05, 0) is 36.1 Å². The maximum atomic E-state index is 13.1. The molecule has 0 bridgehead atoms. The number of nitrogens with one attached hydrogen (secondary N) is 1. The SMILES string of the molecule is CCC(C)C(NN)c1cc(F)ccc1C. The predicted molar refractivity (Wildman–Crippen MR) is 60.7 cm³/mol. The van der Waals surface area contributed by atoms with Gasteiger partial charge in [-0.2, -0.15) is 0 Å². The van der Waals surface area contributed by atoms with E-state index in [9.17, 15) is 4.39 Å². The number of benzene rings is 1. The number of aryl methyl sites for hydroxylation is 1. The van der Waals surface area contributed by atoms with Crippen LogP contribution >= 0.6 is 0 Å². The van der Waals surface area contributed by atoms with E-state index < -0.39 is 0 Å². The Bertz CT molecular complexity index is 325. The summed E-state index contributed by atoms with van der Waals surface area (Å²) in [6.45, 7) is 6.18. The average Bonchev–Trinajstić information content (AvgIpc) is 2.23. The van der Waals surface area contributed by atoms with Crippen molar-refractivity contribution in [3.05, 3.63) is 35.1 Å². The normalized spacial score (nSPS) is 15.0. The average molecular weight is 210 g/mol. The summed E-state index contributed by atoms with van der Waals surface area (Å²) in [6.07, 6.45) is 1.00. The highest BCUT2D eigenvalue weighted by Gasteiger charge is 2.18. The molecular weight excluding hydrogens is 191 g/mol. The fraction of sp³-hybridized carbons (Fsp3) is 0.500. The highest BCUT2D eigenvalue weighted by atomic mass is 19.1. The first kappa shape index (κ1) is 12.1. The molecule has 2 nitrogen and oxygen atoms in total. The van der Waals surface area contributed by atoms with Crippen LogP contribution in [0.1, 0.15) is 37.4 Å². The minimum absolute atomic E-state index is 0.0192. The van der Waals surface area contributed by atoms with Gasteiger partial charge in [0.15, 0.2) is 0 Å². The molecule has 0 radical (unpaired) electrons. The van der Waals surface area contributed by atoms with Crippen LogP contribution in [0.15, 0.2) is 18.2 Å². The highest BCUT2D eigenvalue weighted by Crippen LogP contribution is 2.26. The van der Waals surface area contributed by atoms with Crippen molar-refractivity contribution in [1.82, 2.24) is 5.43 Å². The summed E-state index contributed by atoms with van der Waals surface area (Å²) in [5, 5.41) is 0. The zero-order chi connectivity index (χ0) is 11.4. The Labute approximate surface area is 90.6 Å². The van der Waals surface area contributed by atoms with Crippen LogP contribution < -0.4 is 11.3 Å². The molecule has 0 aliphatic rings. The second-order valence-corrected chi connectivity index (χ2v) is 4.03. The van der Waals surface area contributed by atoms with Gasteiger partial charge in [0.2, 0.25) is 0 Å². The van der Waals surface area contributed by atoms with Crippen LogP contribution in [0, 0.1) is 18.7 Å². The van der Waals surface area contributed by atoms with Crippen molar-refractivity contribution in [3.63, 3.8) is 0 Å². The second-order valence-electron chi connectivity index (χ2n) is 4.03. The molecule has 0 fully saturated rings. The van der Waals surface area contributed by atoms with Crippen LogP contribution in [0.3, 0.4) is 0 Å². The molecule has 0 aromatic heterocycles. The molecule has 15 heavy (non-hydrogen) atoms. The zero-order valence-electron chi connectivity index (χ0n) is 9.55. The van der Waals surface area contributed by atoms with Crippen molar-refractivity contribution in [2.45, 2.75) is 33.2 Å². The monoisotopic (exact) mass is 210 g/mol. The Kier molecular flexibility index (Phi) is 4.24. The van der Waals surface area contributed by atoms with Crippen molar-refractivity contribution in [2.24, 2.45) is 11.8 Å². The van der Waals surface area contributed by atoms with Gasteiger partial charge in [0, 0.05) is 6.04 Å². The molecule has 0 saturated carbocycles. The van der Waals surface area contributed by atoms with E-state index in [4.69, 9.17) is 5.84 Å². The van der Waals surface area contributed by atoms with E-state index in [2.05, 4.69) is 19.3 Å². The second kappa shape index (κ2) is 5.24. The van der Waals surface area contributed by atoms with E-state index in [0.29, 0.717) is 5.92 Å². The number of hydrogen-bond donors (Lipinski definition) is 2. The minimum atomic E-state index is -0.209. The lowest BCUT2D eigenvalue weighted by Crippen LogP contribution is -2.32. The van der Waals surface area contributed by atoms with Crippen LogP contribution in [0.4, 0.5) is 4.39 Å². The van der Waals surface area contributed by atoms with Gasteiger partial charge in [0.1, 0.15) is 5.82 Å². The number of hydrazine groups is 1. The van der Waals surface area contributed by atoms with E-state index in [-0.39, 0.29) is 11.9 Å². The van der Waals surface area contributed by atoms with Crippen LogP contribution in [-0.4, -0.2) is 0 Å². The summed E-state index contributed by atoms with van der Waals surface area (Å²) >= 11 is 0. The van der Waals surface area contributed by atoms with E-state index in [1.54, 1.807) is 12.1 Å². The summed E-state index contributed by atoms with van der Waals surface area (Å²) < 4.78 is 13.1. The largest absolute Gasteiger partial charge is 0.271 e. The van der Waals surface area contributed by atoms with Crippen LogP contribution in [0.5, 0.6) is 0 Å². The molecule has 0 aliphatic heterocycles. The molecule has 3 N–H and O–H groups in total. The van der Waals surface area contributed by atoms with Gasteiger partial charge >= 0.3 is 0 Å². The number of nitrogens with two attached hydrogens (primary N) is 1. The van der Waals surface area contributed by atoms with E-state index in [0.717, 1.165) is 17.5 Å². The first-order valence-corrected chi connectivity index (χ1v) is 5.32.